The van der Waals surface area contributed by atoms with Gasteiger partial charge in [-0.1, -0.05) is 13.3 Å². The zero-order valence-corrected chi connectivity index (χ0v) is 7.53. The lowest BCUT2D eigenvalue weighted by Crippen LogP contribution is -2.35. The number of hydrogen-bond donors (Lipinski definition) is 0. The Hall–Kier alpha value is -0.540. The van der Waals surface area contributed by atoms with E-state index in [0.717, 1.165) is 0 Å². The van der Waals surface area contributed by atoms with Crippen molar-refractivity contribution in [2.45, 2.75) is 38.8 Å². The van der Waals surface area contributed by atoms with Crippen molar-refractivity contribution < 1.29 is 18.0 Å². The molecule has 0 aliphatic heterocycles. The lowest BCUT2D eigenvalue weighted by molar-refractivity contribution is -0.196. The molecule has 0 aromatic heterocycles. The monoisotopic (exact) mass is 194 g/mol. The molecule has 0 saturated heterocycles. The fraction of sp³-hybridized carbons (Fsp3) is 0.889. The summed E-state index contributed by atoms with van der Waals surface area (Å²) in [6, 6.07) is 0. The number of alkyl halides is 3. The molecule has 2 unspecified atom stereocenters. The van der Waals surface area contributed by atoms with Gasteiger partial charge in [0.05, 0.1) is 5.92 Å². The van der Waals surface area contributed by atoms with Crippen LogP contribution in [0.4, 0.5) is 13.2 Å². The van der Waals surface area contributed by atoms with Crippen LogP contribution in [0.3, 0.4) is 0 Å². The number of ketones is 1. The molecule has 1 aliphatic carbocycles. The second-order valence-electron chi connectivity index (χ2n) is 3.60. The second kappa shape index (κ2) is 3.68. The van der Waals surface area contributed by atoms with Gasteiger partial charge in [-0.25, -0.2) is 0 Å². The van der Waals surface area contributed by atoms with Crippen LogP contribution in [0.1, 0.15) is 32.6 Å². The molecule has 2 atom stereocenters. The first-order valence-electron chi connectivity index (χ1n) is 4.53. The first-order chi connectivity index (χ1) is 5.95. The quantitative estimate of drug-likeness (QED) is 0.627. The molecule has 13 heavy (non-hydrogen) atoms. The van der Waals surface area contributed by atoms with Crippen molar-refractivity contribution in [2.24, 2.45) is 11.8 Å². The highest BCUT2D eigenvalue weighted by Crippen LogP contribution is 2.41. The molecule has 0 N–H and O–H groups in total. The Bertz CT molecular complexity index is 198. The summed E-state index contributed by atoms with van der Waals surface area (Å²) in [5.41, 5.74) is 0. The average Bonchev–Trinajstić information content (AvgIpc) is 2.01. The lowest BCUT2D eigenvalue weighted by Gasteiger charge is -2.31. The van der Waals surface area contributed by atoms with Gasteiger partial charge in [-0.2, -0.15) is 13.2 Å². The zero-order valence-electron chi connectivity index (χ0n) is 7.53. The molecule has 76 valence electrons. The fourth-order valence-electron chi connectivity index (χ4n) is 1.95. The van der Waals surface area contributed by atoms with Gasteiger partial charge in [-0.15, -0.1) is 0 Å². The van der Waals surface area contributed by atoms with Gasteiger partial charge in [0.2, 0.25) is 0 Å². The molecular formula is C9H13F3O. The largest absolute Gasteiger partial charge is 0.392 e. The van der Waals surface area contributed by atoms with Crippen LogP contribution < -0.4 is 0 Å². The summed E-state index contributed by atoms with van der Waals surface area (Å²) in [6.07, 6.45) is -3.49. The number of rotatable bonds is 1. The minimum atomic E-state index is -4.12. The van der Waals surface area contributed by atoms with Crippen molar-refractivity contribution in [3.63, 3.8) is 0 Å². The molecule has 0 bridgehead atoms. The Labute approximate surface area is 75.3 Å². The van der Waals surface area contributed by atoms with Crippen LogP contribution in [0, 0.1) is 11.8 Å². The van der Waals surface area contributed by atoms with Crippen molar-refractivity contribution in [3.8, 4) is 0 Å². The summed E-state index contributed by atoms with van der Waals surface area (Å²) in [6.45, 7) is 1.71. The van der Waals surface area contributed by atoms with Gasteiger partial charge in [0, 0.05) is 12.8 Å². The summed E-state index contributed by atoms with van der Waals surface area (Å²) in [5.74, 6) is -1.76. The van der Waals surface area contributed by atoms with E-state index in [0.29, 0.717) is 6.42 Å². The maximum Gasteiger partial charge on any atom is 0.392 e. The van der Waals surface area contributed by atoms with Crippen LogP contribution in [0.15, 0.2) is 0 Å². The lowest BCUT2D eigenvalue weighted by atomic mass is 9.77. The number of halogens is 3. The van der Waals surface area contributed by atoms with E-state index in [4.69, 9.17) is 0 Å². The van der Waals surface area contributed by atoms with Gasteiger partial charge in [0.1, 0.15) is 5.78 Å². The van der Waals surface area contributed by atoms with Crippen LogP contribution in [-0.4, -0.2) is 12.0 Å². The van der Waals surface area contributed by atoms with Crippen molar-refractivity contribution in [1.29, 1.82) is 0 Å². The van der Waals surface area contributed by atoms with E-state index in [9.17, 15) is 18.0 Å². The Balaban J connectivity index is 2.68. The van der Waals surface area contributed by atoms with Crippen LogP contribution in [0.5, 0.6) is 0 Å². The van der Waals surface area contributed by atoms with Crippen LogP contribution in [0.25, 0.3) is 0 Å². The maximum absolute atomic E-state index is 12.4. The smallest absolute Gasteiger partial charge is 0.300 e. The molecule has 1 saturated carbocycles. The van der Waals surface area contributed by atoms with Gasteiger partial charge < -0.3 is 0 Å². The highest BCUT2D eigenvalue weighted by atomic mass is 19.4. The van der Waals surface area contributed by atoms with Crippen LogP contribution in [0.2, 0.25) is 0 Å². The van der Waals surface area contributed by atoms with Crippen LogP contribution in [-0.2, 0) is 4.79 Å². The van der Waals surface area contributed by atoms with Gasteiger partial charge in [0.25, 0.3) is 0 Å². The molecule has 0 aromatic rings. The van der Waals surface area contributed by atoms with E-state index >= 15 is 0 Å². The molecule has 1 rings (SSSR count). The molecule has 0 aromatic carbocycles. The standard InChI is InChI=1S/C9H13F3O/c1-2-6-5-7(13)3-4-8(6)9(10,11)12/h6,8H,2-5H2,1H3. The topological polar surface area (TPSA) is 17.1 Å². The zero-order chi connectivity index (χ0) is 10.1. The predicted molar refractivity (Wildman–Crippen MR) is 42.2 cm³/mol. The van der Waals surface area contributed by atoms with Gasteiger partial charge >= 0.3 is 6.18 Å². The van der Waals surface area contributed by atoms with Gasteiger partial charge in [0.15, 0.2) is 0 Å². The first kappa shape index (κ1) is 10.5. The number of carbonyl (C=O) groups is 1. The number of carbonyl (C=O) groups excluding carboxylic acids is 1. The third-order valence-electron chi connectivity index (χ3n) is 2.74. The Kier molecular flexibility index (Phi) is 2.98. The summed E-state index contributed by atoms with van der Waals surface area (Å²) < 4.78 is 37.2. The van der Waals surface area contributed by atoms with Gasteiger partial charge in [-0.3, -0.25) is 4.79 Å². The molecular weight excluding hydrogens is 181 g/mol. The van der Waals surface area contributed by atoms with E-state index in [2.05, 4.69) is 0 Å². The molecule has 0 spiro atoms. The molecule has 0 heterocycles. The molecule has 4 heteroatoms. The summed E-state index contributed by atoms with van der Waals surface area (Å²) in [4.78, 5) is 10.9. The van der Waals surface area contributed by atoms with Crippen molar-refractivity contribution in [2.75, 3.05) is 0 Å². The average molecular weight is 194 g/mol. The maximum atomic E-state index is 12.4. The second-order valence-corrected chi connectivity index (χ2v) is 3.60. The Morgan fingerprint density at radius 1 is 1.46 bits per heavy atom. The Morgan fingerprint density at radius 3 is 2.54 bits per heavy atom. The van der Waals surface area contributed by atoms with E-state index in [-0.39, 0.29) is 25.0 Å². The minimum Gasteiger partial charge on any atom is -0.300 e. The SMILES string of the molecule is CCC1CC(=O)CCC1C(F)(F)F. The highest BCUT2D eigenvalue weighted by molar-refractivity contribution is 5.79. The minimum absolute atomic E-state index is 0.0131. The molecule has 1 fully saturated rings. The summed E-state index contributed by atoms with van der Waals surface area (Å²) in [7, 11) is 0. The number of hydrogen-bond acceptors (Lipinski definition) is 1. The van der Waals surface area contributed by atoms with E-state index < -0.39 is 18.0 Å². The van der Waals surface area contributed by atoms with Crippen molar-refractivity contribution in [3.05, 3.63) is 0 Å². The Morgan fingerprint density at radius 2 is 2.08 bits per heavy atom. The summed E-state index contributed by atoms with van der Waals surface area (Å²) >= 11 is 0. The van der Waals surface area contributed by atoms with Gasteiger partial charge in [-0.05, 0) is 12.3 Å². The normalized spacial score (nSPS) is 30.6. The van der Waals surface area contributed by atoms with Crippen LogP contribution >= 0.6 is 0 Å². The third-order valence-corrected chi connectivity index (χ3v) is 2.74. The number of Topliss-reactive ketones (excluding diaryl/α,β-unsaturated/α-hetero) is 1. The predicted octanol–water partition coefficient (Wildman–Crippen LogP) is 2.94. The molecule has 1 aliphatic rings. The van der Waals surface area contributed by atoms with E-state index in [1.54, 1.807) is 6.92 Å². The summed E-state index contributed by atoms with van der Waals surface area (Å²) in [5, 5.41) is 0. The molecule has 0 amide bonds. The van der Waals surface area contributed by atoms with E-state index in [1.165, 1.54) is 0 Å². The molecule has 0 radical (unpaired) electrons. The fourth-order valence-corrected chi connectivity index (χ4v) is 1.95. The highest BCUT2D eigenvalue weighted by Gasteiger charge is 2.46. The van der Waals surface area contributed by atoms with E-state index in [1.807, 2.05) is 0 Å². The van der Waals surface area contributed by atoms with Crippen molar-refractivity contribution >= 4 is 5.78 Å². The molecule has 1 nitrogen and oxygen atoms in total. The van der Waals surface area contributed by atoms with Crippen molar-refractivity contribution in [1.82, 2.24) is 0 Å². The third kappa shape index (κ3) is 2.45. The first-order valence-corrected chi connectivity index (χ1v) is 4.53.